The highest BCUT2D eigenvalue weighted by Crippen LogP contribution is 2.26. The lowest BCUT2D eigenvalue weighted by Crippen LogP contribution is -2.40. The van der Waals surface area contributed by atoms with Gasteiger partial charge in [-0.25, -0.2) is 0 Å². The van der Waals surface area contributed by atoms with Crippen LogP contribution >= 0.6 is 0 Å². The van der Waals surface area contributed by atoms with Gasteiger partial charge in [0.15, 0.2) is 0 Å². The molecule has 1 aromatic rings. The van der Waals surface area contributed by atoms with Crippen LogP contribution in [0.1, 0.15) is 38.2 Å². The molecule has 1 N–H and O–H groups in total. The predicted molar refractivity (Wildman–Crippen MR) is 87.6 cm³/mol. The minimum absolute atomic E-state index is 0.598. The second-order valence-electron chi connectivity index (χ2n) is 6.53. The van der Waals surface area contributed by atoms with Crippen LogP contribution in [0.5, 0.6) is 0 Å². The molecule has 1 atom stereocenters. The summed E-state index contributed by atoms with van der Waals surface area (Å²) in [6, 6.07) is 3.54. The molecule has 1 saturated carbocycles. The van der Waals surface area contributed by atoms with E-state index in [1.54, 1.807) is 0 Å². The summed E-state index contributed by atoms with van der Waals surface area (Å²) in [6.07, 6.45) is 9.10. The quantitative estimate of drug-likeness (QED) is 0.900. The maximum atomic E-state index is 4.40. The molecule has 1 aliphatic carbocycles. The number of aromatic nitrogens is 1. The van der Waals surface area contributed by atoms with Gasteiger partial charge in [-0.15, -0.1) is 0 Å². The van der Waals surface area contributed by atoms with Crippen LogP contribution in [-0.2, 0) is 6.54 Å². The van der Waals surface area contributed by atoms with Crippen molar-refractivity contribution in [1.82, 2.24) is 15.2 Å². The summed E-state index contributed by atoms with van der Waals surface area (Å²) in [7, 11) is 2.24. The summed E-state index contributed by atoms with van der Waals surface area (Å²) in [5.41, 5.74) is 2.74. The highest BCUT2D eigenvalue weighted by Gasteiger charge is 2.25. The van der Waals surface area contributed by atoms with Crippen molar-refractivity contribution in [3.8, 4) is 0 Å². The first-order chi connectivity index (χ1) is 10.3. The molecule has 0 radical (unpaired) electrons. The number of hydrogen-bond donors (Lipinski definition) is 1. The van der Waals surface area contributed by atoms with Gasteiger partial charge in [-0.05, 0) is 50.9 Å². The molecule has 2 aliphatic rings. The Morgan fingerprint density at radius 3 is 2.95 bits per heavy atom. The van der Waals surface area contributed by atoms with E-state index in [4.69, 9.17) is 0 Å². The molecule has 21 heavy (non-hydrogen) atoms. The SMILES string of the molecule is CCC1CN(C)CCCN1c1cnccc1CNC1CC1. The molecule has 1 saturated heterocycles. The number of pyridine rings is 1. The number of likely N-dealkylation sites (N-methyl/N-ethyl adjacent to an activating group) is 1. The zero-order valence-corrected chi connectivity index (χ0v) is 13.4. The lowest BCUT2D eigenvalue weighted by atomic mass is 10.1. The zero-order valence-electron chi connectivity index (χ0n) is 13.4. The molecule has 4 nitrogen and oxygen atoms in total. The summed E-state index contributed by atoms with van der Waals surface area (Å²) >= 11 is 0. The fraction of sp³-hybridized carbons (Fsp3) is 0.706. The summed E-state index contributed by atoms with van der Waals surface area (Å²) in [4.78, 5) is 9.46. The van der Waals surface area contributed by atoms with Crippen molar-refractivity contribution in [2.75, 3.05) is 31.6 Å². The normalized spacial score (nSPS) is 24.1. The van der Waals surface area contributed by atoms with Crippen LogP contribution in [0, 0.1) is 0 Å². The monoisotopic (exact) mass is 288 g/mol. The first kappa shape index (κ1) is 14.8. The van der Waals surface area contributed by atoms with Crippen molar-refractivity contribution in [2.45, 2.75) is 51.2 Å². The van der Waals surface area contributed by atoms with E-state index in [-0.39, 0.29) is 0 Å². The van der Waals surface area contributed by atoms with Crippen LogP contribution in [0.4, 0.5) is 5.69 Å². The van der Waals surface area contributed by atoms with Crippen LogP contribution in [0.15, 0.2) is 18.5 Å². The van der Waals surface area contributed by atoms with Gasteiger partial charge in [-0.1, -0.05) is 6.92 Å². The van der Waals surface area contributed by atoms with Crippen LogP contribution in [0.3, 0.4) is 0 Å². The molecule has 3 rings (SSSR count). The standard InChI is InChI=1S/C17H28N4/c1-3-16-13-20(2)9-4-10-21(16)17-12-18-8-7-14(17)11-19-15-5-6-15/h7-8,12,15-16,19H,3-6,9-11,13H2,1-2H3. The van der Waals surface area contributed by atoms with E-state index >= 15 is 0 Å². The van der Waals surface area contributed by atoms with Crippen LogP contribution in [0.25, 0.3) is 0 Å². The van der Waals surface area contributed by atoms with Crippen molar-refractivity contribution < 1.29 is 0 Å². The Balaban J connectivity index is 1.79. The molecule has 1 aliphatic heterocycles. The van der Waals surface area contributed by atoms with Crippen molar-refractivity contribution >= 4 is 5.69 Å². The summed E-state index contributed by atoms with van der Waals surface area (Å²) in [6.45, 7) is 6.77. The topological polar surface area (TPSA) is 31.4 Å². The third-order valence-corrected chi connectivity index (χ3v) is 4.73. The Bertz CT molecular complexity index is 458. The minimum atomic E-state index is 0.598. The molecule has 1 aromatic heterocycles. The van der Waals surface area contributed by atoms with E-state index in [1.165, 1.54) is 43.5 Å². The zero-order chi connectivity index (χ0) is 14.7. The molecule has 0 aromatic carbocycles. The molecule has 4 heteroatoms. The van der Waals surface area contributed by atoms with Crippen molar-refractivity contribution in [2.24, 2.45) is 0 Å². The molecule has 0 bridgehead atoms. The summed E-state index contributed by atoms with van der Waals surface area (Å²) in [5, 5.41) is 3.64. The van der Waals surface area contributed by atoms with Gasteiger partial charge in [0.1, 0.15) is 0 Å². The molecule has 0 spiro atoms. The summed E-state index contributed by atoms with van der Waals surface area (Å²) < 4.78 is 0. The molecule has 2 fully saturated rings. The Morgan fingerprint density at radius 2 is 2.19 bits per heavy atom. The van der Waals surface area contributed by atoms with E-state index in [2.05, 4.69) is 46.3 Å². The highest BCUT2D eigenvalue weighted by molar-refractivity contribution is 5.53. The molecule has 1 unspecified atom stereocenters. The van der Waals surface area contributed by atoms with Crippen LogP contribution in [-0.4, -0.2) is 48.6 Å². The van der Waals surface area contributed by atoms with Gasteiger partial charge in [-0.2, -0.15) is 0 Å². The first-order valence-electron chi connectivity index (χ1n) is 8.39. The summed E-state index contributed by atoms with van der Waals surface area (Å²) in [5.74, 6) is 0. The fourth-order valence-corrected chi connectivity index (χ4v) is 3.27. The Morgan fingerprint density at radius 1 is 1.33 bits per heavy atom. The molecular formula is C17H28N4. The van der Waals surface area contributed by atoms with Gasteiger partial charge in [0.05, 0.1) is 11.9 Å². The Labute approximate surface area is 128 Å². The van der Waals surface area contributed by atoms with Crippen molar-refractivity contribution in [1.29, 1.82) is 0 Å². The first-order valence-corrected chi connectivity index (χ1v) is 8.39. The predicted octanol–water partition coefficient (Wildman–Crippen LogP) is 2.25. The lowest BCUT2D eigenvalue weighted by Gasteiger charge is -2.33. The van der Waals surface area contributed by atoms with E-state index in [0.717, 1.165) is 25.7 Å². The molecule has 2 heterocycles. The average molecular weight is 288 g/mol. The smallest absolute Gasteiger partial charge is 0.0601 e. The highest BCUT2D eigenvalue weighted by atomic mass is 15.2. The second-order valence-corrected chi connectivity index (χ2v) is 6.53. The van der Waals surface area contributed by atoms with Crippen molar-refractivity contribution in [3.05, 3.63) is 24.0 Å². The molecule has 116 valence electrons. The minimum Gasteiger partial charge on any atom is -0.366 e. The number of nitrogens with one attached hydrogen (secondary N) is 1. The van der Waals surface area contributed by atoms with Crippen LogP contribution < -0.4 is 10.2 Å². The molecular weight excluding hydrogens is 260 g/mol. The van der Waals surface area contributed by atoms with E-state index in [1.807, 2.05) is 6.20 Å². The molecule has 0 amide bonds. The van der Waals surface area contributed by atoms with Crippen molar-refractivity contribution in [3.63, 3.8) is 0 Å². The van der Waals surface area contributed by atoms with Gasteiger partial charge in [0.25, 0.3) is 0 Å². The Kier molecular flexibility index (Phi) is 4.76. The van der Waals surface area contributed by atoms with Gasteiger partial charge in [0, 0.05) is 37.9 Å². The maximum Gasteiger partial charge on any atom is 0.0601 e. The fourth-order valence-electron chi connectivity index (χ4n) is 3.27. The van der Waals surface area contributed by atoms with Gasteiger partial charge in [-0.3, -0.25) is 4.98 Å². The van der Waals surface area contributed by atoms with E-state index in [9.17, 15) is 0 Å². The Hall–Kier alpha value is -1.13. The van der Waals surface area contributed by atoms with E-state index in [0.29, 0.717) is 6.04 Å². The number of hydrogen-bond acceptors (Lipinski definition) is 4. The van der Waals surface area contributed by atoms with Gasteiger partial charge in [0.2, 0.25) is 0 Å². The third kappa shape index (κ3) is 3.74. The van der Waals surface area contributed by atoms with Crippen LogP contribution in [0.2, 0.25) is 0 Å². The maximum absolute atomic E-state index is 4.40. The number of rotatable bonds is 5. The number of nitrogens with zero attached hydrogens (tertiary/aromatic N) is 3. The largest absolute Gasteiger partial charge is 0.366 e. The second kappa shape index (κ2) is 6.75. The number of anilines is 1. The lowest BCUT2D eigenvalue weighted by molar-refractivity contribution is 0.328. The van der Waals surface area contributed by atoms with Gasteiger partial charge < -0.3 is 15.1 Å². The van der Waals surface area contributed by atoms with Gasteiger partial charge >= 0.3 is 0 Å². The van der Waals surface area contributed by atoms with E-state index < -0.39 is 0 Å². The average Bonchev–Trinajstić information content (AvgIpc) is 3.33. The third-order valence-electron chi connectivity index (χ3n) is 4.73.